The van der Waals surface area contributed by atoms with Crippen molar-refractivity contribution in [1.29, 1.82) is 0 Å². The number of aliphatic hydroxyl groups excluding tert-OH is 1. The molecule has 33 heavy (non-hydrogen) atoms. The molecule has 0 bridgehead atoms. The average molecular weight is 494 g/mol. The van der Waals surface area contributed by atoms with Crippen molar-refractivity contribution in [1.82, 2.24) is 0 Å². The highest BCUT2D eigenvalue weighted by Crippen LogP contribution is 2.42. The van der Waals surface area contributed by atoms with Gasteiger partial charge in [0, 0.05) is 6.54 Å². The van der Waals surface area contributed by atoms with Gasteiger partial charge in [-0.1, -0.05) is 103 Å². The van der Waals surface area contributed by atoms with Crippen LogP contribution in [0.1, 0.15) is 116 Å². The van der Waals surface area contributed by atoms with Crippen LogP contribution < -0.4 is 5.73 Å². The standard InChI is InChI=1S/C25H52NO6P/c1-2-3-4-5-6-7-8-9-10-11-12-13-14-15-16-17-18-19-21-30-23-25(27)24-32-33(28,29)31-22-20-26/h19,21,25,27H,2-18,20,22-24,26H2,1H3,(H,28,29)/b21-19-/t25-/m1/s1. The lowest BCUT2D eigenvalue weighted by molar-refractivity contribution is 0.0311. The first-order valence-electron chi connectivity index (χ1n) is 13.3. The van der Waals surface area contributed by atoms with Crippen LogP contribution in [0.3, 0.4) is 0 Å². The van der Waals surface area contributed by atoms with E-state index in [9.17, 15) is 14.6 Å². The molecule has 0 aromatic heterocycles. The molecule has 0 saturated heterocycles. The van der Waals surface area contributed by atoms with Gasteiger partial charge in [-0.25, -0.2) is 4.57 Å². The Kier molecular flexibility index (Phi) is 24.4. The van der Waals surface area contributed by atoms with Gasteiger partial charge < -0.3 is 20.5 Å². The second kappa shape index (κ2) is 24.7. The van der Waals surface area contributed by atoms with Crippen molar-refractivity contribution in [2.75, 3.05) is 26.4 Å². The number of aliphatic hydroxyl groups is 1. The van der Waals surface area contributed by atoms with E-state index in [0.29, 0.717) is 0 Å². The average Bonchev–Trinajstić information content (AvgIpc) is 2.80. The van der Waals surface area contributed by atoms with Gasteiger partial charge >= 0.3 is 7.82 Å². The first-order chi connectivity index (χ1) is 16.0. The normalized spacial score (nSPS) is 14.5. The molecule has 0 aromatic rings. The number of rotatable bonds is 26. The molecule has 0 aromatic carbocycles. The molecule has 0 radical (unpaired) electrons. The molecular weight excluding hydrogens is 441 g/mol. The molecule has 0 aliphatic heterocycles. The minimum Gasteiger partial charge on any atom is -0.499 e. The maximum atomic E-state index is 11.4. The van der Waals surface area contributed by atoms with Crippen molar-refractivity contribution >= 4 is 7.82 Å². The fourth-order valence-electron chi connectivity index (χ4n) is 3.55. The van der Waals surface area contributed by atoms with Gasteiger partial charge in [0.1, 0.15) is 12.7 Å². The predicted molar refractivity (Wildman–Crippen MR) is 136 cm³/mol. The van der Waals surface area contributed by atoms with E-state index < -0.39 is 13.9 Å². The molecule has 0 heterocycles. The van der Waals surface area contributed by atoms with Crippen molar-refractivity contribution in [3.63, 3.8) is 0 Å². The van der Waals surface area contributed by atoms with Gasteiger partial charge in [-0.3, -0.25) is 9.05 Å². The van der Waals surface area contributed by atoms with Crippen molar-refractivity contribution in [2.24, 2.45) is 5.73 Å². The number of unbranched alkanes of at least 4 members (excludes halogenated alkanes) is 16. The Hall–Kier alpha value is -0.430. The number of phosphoric acid groups is 1. The van der Waals surface area contributed by atoms with E-state index in [1.165, 1.54) is 96.3 Å². The maximum absolute atomic E-state index is 11.4. The van der Waals surface area contributed by atoms with Crippen LogP contribution >= 0.6 is 7.82 Å². The number of ether oxygens (including phenoxy) is 1. The van der Waals surface area contributed by atoms with Crippen LogP contribution in [0.2, 0.25) is 0 Å². The zero-order valence-electron chi connectivity index (χ0n) is 21.1. The monoisotopic (exact) mass is 493 g/mol. The first-order valence-corrected chi connectivity index (χ1v) is 14.8. The highest BCUT2D eigenvalue weighted by atomic mass is 31.2. The Labute approximate surface area is 203 Å². The van der Waals surface area contributed by atoms with Crippen LogP contribution in [-0.2, 0) is 18.3 Å². The number of hydrogen-bond acceptors (Lipinski definition) is 6. The van der Waals surface area contributed by atoms with Gasteiger partial charge in [0.15, 0.2) is 0 Å². The molecule has 0 rings (SSSR count). The third-order valence-electron chi connectivity index (χ3n) is 5.51. The molecule has 198 valence electrons. The molecule has 7 nitrogen and oxygen atoms in total. The molecule has 0 spiro atoms. The Balaban J connectivity index is 3.31. The Morgan fingerprint density at radius 1 is 0.788 bits per heavy atom. The topological polar surface area (TPSA) is 111 Å². The van der Waals surface area contributed by atoms with Crippen LogP contribution in [0.5, 0.6) is 0 Å². The fraction of sp³-hybridized carbons (Fsp3) is 0.920. The zero-order chi connectivity index (χ0) is 24.5. The summed E-state index contributed by atoms with van der Waals surface area (Å²) in [7, 11) is -4.16. The second-order valence-corrected chi connectivity index (χ2v) is 10.3. The van der Waals surface area contributed by atoms with Crippen LogP contribution in [0.4, 0.5) is 0 Å². The number of hydrogen-bond donors (Lipinski definition) is 3. The smallest absolute Gasteiger partial charge is 0.472 e. The summed E-state index contributed by atoms with van der Waals surface area (Å²) in [6.45, 7) is 1.96. The summed E-state index contributed by atoms with van der Waals surface area (Å²) in [6.07, 6.45) is 25.2. The summed E-state index contributed by atoms with van der Waals surface area (Å²) in [5.74, 6) is 0. The largest absolute Gasteiger partial charge is 0.499 e. The molecule has 2 atom stereocenters. The van der Waals surface area contributed by atoms with Crippen LogP contribution in [-0.4, -0.2) is 42.5 Å². The zero-order valence-corrected chi connectivity index (χ0v) is 22.0. The summed E-state index contributed by atoms with van der Waals surface area (Å²) in [5, 5.41) is 9.69. The molecule has 1 unspecified atom stereocenters. The Morgan fingerprint density at radius 2 is 1.27 bits per heavy atom. The molecule has 4 N–H and O–H groups in total. The lowest BCUT2D eigenvalue weighted by Crippen LogP contribution is -2.20. The van der Waals surface area contributed by atoms with E-state index in [1.807, 2.05) is 6.08 Å². The number of nitrogens with two attached hydrogens (primary N) is 1. The molecule has 0 amide bonds. The maximum Gasteiger partial charge on any atom is 0.472 e. The highest BCUT2D eigenvalue weighted by Gasteiger charge is 2.22. The van der Waals surface area contributed by atoms with Gasteiger partial charge in [-0.2, -0.15) is 0 Å². The van der Waals surface area contributed by atoms with Crippen molar-refractivity contribution in [3.05, 3.63) is 12.3 Å². The van der Waals surface area contributed by atoms with Gasteiger partial charge in [0.25, 0.3) is 0 Å². The van der Waals surface area contributed by atoms with Crippen molar-refractivity contribution < 1.29 is 28.3 Å². The summed E-state index contributed by atoms with van der Waals surface area (Å²) < 4.78 is 25.9. The van der Waals surface area contributed by atoms with E-state index in [2.05, 4.69) is 16.0 Å². The van der Waals surface area contributed by atoms with E-state index in [1.54, 1.807) is 6.26 Å². The predicted octanol–water partition coefficient (Wildman–Crippen LogP) is 6.62. The van der Waals surface area contributed by atoms with Gasteiger partial charge in [-0.15, -0.1) is 0 Å². The third kappa shape index (κ3) is 26.0. The van der Waals surface area contributed by atoms with E-state index in [0.717, 1.165) is 12.8 Å². The van der Waals surface area contributed by atoms with E-state index in [-0.39, 0.29) is 26.4 Å². The van der Waals surface area contributed by atoms with Gasteiger partial charge in [0.2, 0.25) is 0 Å². The van der Waals surface area contributed by atoms with Crippen LogP contribution in [0, 0.1) is 0 Å². The lowest BCUT2D eigenvalue weighted by atomic mass is 10.0. The Morgan fingerprint density at radius 3 is 1.76 bits per heavy atom. The first kappa shape index (κ1) is 32.6. The van der Waals surface area contributed by atoms with E-state index in [4.69, 9.17) is 10.5 Å². The summed E-state index contributed by atoms with van der Waals surface area (Å²) >= 11 is 0. The second-order valence-electron chi connectivity index (χ2n) is 8.84. The summed E-state index contributed by atoms with van der Waals surface area (Å²) in [4.78, 5) is 9.32. The molecular formula is C25H52NO6P. The highest BCUT2D eigenvalue weighted by molar-refractivity contribution is 7.47. The minimum atomic E-state index is -4.16. The quantitative estimate of drug-likeness (QED) is 0.0705. The summed E-state index contributed by atoms with van der Waals surface area (Å²) in [6, 6.07) is 0. The molecule has 8 heteroatoms. The van der Waals surface area contributed by atoms with Crippen molar-refractivity contribution in [3.8, 4) is 0 Å². The lowest BCUT2D eigenvalue weighted by Gasteiger charge is -2.14. The van der Waals surface area contributed by atoms with Crippen LogP contribution in [0.15, 0.2) is 12.3 Å². The molecule has 0 fully saturated rings. The molecule has 0 aliphatic rings. The summed E-state index contributed by atoms with van der Waals surface area (Å²) in [5.41, 5.74) is 5.19. The Bertz CT molecular complexity index is 478. The molecule has 0 saturated carbocycles. The van der Waals surface area contributed by atoms with Crippen molar-refractivity contribution in [2.45, 2.75) is 122 Å². The fourth-order valence-corrected chi connectivity index (χ4v) is 4.32. The van der Waals surface area contributed by atoms with Gasteiger partial charge in [-0.05, 0) is 18.9 Å². The van der Waals surface area contributed by atoms with Crippen LogP contribution in [0.25, 0.3) is 0 Å². The van der Waals surface area contributed by atoms with Gasteiger partial charge in [0.05, 0.1) is 19.5 Å². The van der Waals surface area contributed by atoms with E-state index >= 15 is 0 Å². The number of allylic oxidation sites excluding steroid dienone is 1. The third-order valence-corrected chi connectivity index (χ3v) is 6.49. The minimum absolute atomic E-state index is 0.00759. The number of phosphoric ester groups is 1. The molecule has 0 aliphatic carbocycles. The SMILES string of the molecule is CCCCCCCCCCCCCCCCCC/C=C\OC[C@@H](O)COP(=O)(O)OCCN.